The molecule has 10 heteroatoms. The molecule has 0 rings (SSSR count). The molecule has 2 unspecified atom stereocenters. The first kappa shape index (κ1) is 77.2. The number of phosphoric acid groups is 1. The maximum atomic E-state index is 12.8. The van der Waals surface area contributed by atoms with Crippen molar-refractivity contribution in [2.45, 2.75) is 302 Å². The van der Waals surface area contributed by atoms with Gasteiger partial charge in [-0.05, 0) is 89.9 Å². The van der Waals surface area contributed by atoms with Gasteiger partial charge >= 0.3 is 11.9 Å². The lowest BCUT2D eigenvalue weighted by atomic mass is 10.0. The second-order valence-electron chi connectivity index (χ2n) is 23.5. The van der Waals surface area contributed by atoms with Gasteiger partial charge in [-0.25, -0.2) is 0 Å². The smallest absolute Gasteiger partial charge is 0.306 e. The van der Waals surface area contributed by atoms with Crippen molar-refractivity contribution in [3.8, 4) is 0 Å². The summed E-state index contributed by atoms with van der Waals surface area (Å²) in [4.78, 5) is 38.0. The maximum absolute atomic E-state index is 12.8. The second kappa shape index (κ2) is 60.8. The second-order valence-corrected chi connectivity index (χ2v) is 24.9. The molecule has 0 bridgehead atoms. The van der Waals surface area contributed by atoms with Crippen LogP contribution in [0, 0.1) is 0 Å². The number of carbonyl (C=O) groups is 2. The highest BCUT2D eigenvalue weighted by Gasteiger charge is 2.22. The van der Waals surface area contributed by atoms with E-state index in [4.69, 9.17) is 18.5 Å². The van der Waals surface area contributed by atoms with Gasteiger partial charge in [0.15, 0.2) is 6.10 Å². The van der Waals surface area contributed by atoms with E-state index in [2.05, 4.69) is 98.9 Å². The van der Waals surface area contributed by atoms with E-state index < -0.39 is 26.5 Å². The lowest BCUT2D eigenvalue weighted by molar-refractivity contribution is -0.870. The van der Waals surface area contributed by atoms with Gasteiger partial charge < -0.3 is 27.9 Å². The molecule has 0 radical (unpaired) electrons. The molecule has 0 N–H and O–H groups in total. The third kappa shape index (κ3) is 64.4. The zero-order valence-electron chi connectivity index (χ0n) is 52.8. The van der Waals surface area contributed by atoms with Crippen molar-refractivity contribution in [1.82, 2.24) is 0 Å². The number of unbranched alkanes of at least 4 members (excludes halogenated alkanes) is 33. The third-order valence-corrected chi connectivity index (χ3v) is 15.4. The molecule has 0 fully saturated rings. The molecule has 0 aromatic heterocycles. The molecule has 464 valence electrons. The van der Waals surface area contributed by atoms with E-state index in [0.717, 1.165) is 77.0 Å². The zero-order chi connectivity index (χ0) is 58.4. The predicted molar refractivity (Wildman–Crippen MR) is 342 cm³/mol. The molecule has 0 aliphatic carbocycles. The van der Waals surface area contributed by atoms with Gasteiger partial charge in [-0.2, -0.15) is 0 Å². The summed E-state index contributed by atoms with van der Waals surface area (Å²) in [6, 6.07) is 0. The van der Waals surface area contributed by atoms with Gasteiger partial charge in [-0.15, -0.1) is 0 Å². The molecule has 80 heavy (non-hydrogen) atoms. The van der Waals surface area contributed by atoms with Crippen molar-refractivity contribution in [3.63, 3.8) is 0 Å². The Kier molecular flexibility index (Phi) is 58.6. The first-order valence-electron chi connectivity index (χ1n) is 33.3. The number of carbonyl (C=O) groups excluding carboxylic acids is 2. The number of hydrogen-bond acceptors (Lipinski definition) is 8. The number of rotatable bonds is 61. The fourth-order valence-electron chi connectivity index (χ4n) is 9.30. The summed E-state index contributed by atoms with van der Waals surface area (Å²) in [7, 11) is 1.17. The van der Waals surface area contributed by atoms with E-state index in [0.29, 0.717) is 17.4 Å². The van der Waals surface area contributed by atoms with Gasteiger partial charge in [0.25, 0.3) is 7.82 Å². The molecule has 0 amide bonds. The summed E-state index contributed by atoms with van der Waals surface area (Å²) in [5, 5.41) is 0. The Balaban J connectivity index is 4.01. The largest absolute Gasteiger partial charge is 0.756 e. The van der Waals surface area contributed by atoms with Gasteiger partial charge in [0.1, 0.15) is 19.8 Å². The molecule has 2 atom stereocenters. The van der Waals surface area contributed by atoms with Gasteiger partial charge in [-0.1, -0.05) is 279 Å². The highest BCUT2D eigenvalue weighted by Crippen LogP contribution is 2.38. The van der Waals surface area contributed by atoms with Crippen LogP contribution in [0.1, 0.15) is 296 Å². The number of phosphoric ester groups is 1. The van der Waals surface area contributed by atoms with Crippen molar-refractivity contribution in [3.05, 3.63) is 85.1 Å². The van der Waals surface area contributed by atoms with Crippen molar-refractivity contribution in [2.24, 2.45) is 0 Å². The van der Waals surface area contributed by atoms with E-state index in [1.165, 1.54) is 186 Å². The highest BCUT2D eigenvalue weighted by molar-refractivity contribution is 7.45. The van der Waals surface area contributed by atoms with Crippen LogP contribution in [0.5, 0.6) is 0 Å². The van der Waals surface area contributed by atoms with Crippen LogP contribution in [0.25, 0.3) is 0 Å². The Morgan fingerprint density at radius 2 is 0.713 bits per heavy atom. The minimum atomic E-state index is -4.64. The molecule has 9 nitrogen and oxygen atoms in total. The lowest BCUT2D eigenvalue weighted by Gasteiger charge is -2.28. The van der Waals surface area contributed by atoms with Crippen LogP contribution < -0.4 is 4.89 Å². The Bertz CT molecular complexity index is 1630. The van der Waals surface area contributed by atoms with Gasteiger partial charge in [-0.3, -0.25) is 14.2 Å². The number of nitrogens with zero attached hydrogens (tertiary/aromatic N) is 1. The molecule has 0 heterocycles. The first-order chi connectivity index (χ1) is 39.0. The lowest BCUT2D eigenvalue weighted by Crippen LogP contribution is -2.37. The molecule has 0 aromatic carbocycles. The van der Waals surface area contributed by atoms with Crippen LogP contribution >= 0.6 is 7.82 Å². The molecular weight excluding hydrogens is 1010 g/mol. The van der Waals surface area contributed by atoms with E-state index in [1.54, 1.807) is 0 Å². The Morgan fingerprint density at radius 1 is 0.400 bits per heavy atom. The first-order valence-corrected chi connectivity index (χ1v) is 34.8. The van der Waals surface area contributed by atoms with Crippen LogP contribution in [-0.4, -0.2) is 70.0 Å². The summed E-state index contributed by atoms with van der Waals surface area (Å²) in [5.41, 5.74) is 0. The Hall–Kier alpha value is -2.81. The van der Waals surface area contributed by atoms with Crippen molar-refractivity contribution in [2.75, 3.05) is 47.5 Å². The van der Waals surface area contributed by atoms with E-state index in [1.807, 2.05) is 21.1 Å². The Morgan fingerprint density at radius 3 is 1.07 bits per heavy atom. The fourth-order valence-corrected chi connectivity index (χ4v) is 10.0. The average molecular weight is 1140 g/mol. The number of hydrogen-bond donors (Lipinski definition) is 0. The zero-order valence-corrected chi connectivity index (χ0v) is 53.7. The predicted octanol–water partition coefficient (Wildman–Crippen LogP) is 20.7. The van der Waals surface area contributed by atoms with Gasteiger partial charge in [0, 0.05) is 12.8 Å². The minimum absolute atomic E-state index is 0.0317. The van der Waals surface area contributed by atoms with Crippen LogP contribution in [-0.2, 0) is 32.7 Å². The van der Waals surface area contributed by atoms with Crippen molar-refractivity contribution in [1.29, 1.82) is 0 Å². The summed E-state index contributed by atoms with van der Waals surface area (Å²) in [6.07, 6.45) is 82.2. The summed E-state index contributed by atoms with van der Waals surface area (Å²) >= 11 is 0. The van der Waals surface area contributed by atoms with E-state index in [-0.39, 0.29) is 32.0 Å². The molecule has 0 saturated carbocycles. The number of allylic oxidation sites excluding steroid dienone is 14. The third-order valence-electron chi connectivity index (χ3n) is 14.4. The number of quaternary nitrogens is 1. The highest BCUT2D eigenvalue weighted by atomic mass is 31.2. The number of ether oxygens (including phenoxy) is 2. The van der Waals surface area contributed by atoms with E-state index in [9.17, 15) is 19.0 Å². The average Bonchev–Trinajstić information content (AvgIpc) is 3.42. The summed E-state index contributed by atoms with van der Waals surface area (Å²) in [5.74, 6) is -0.826. The maximum Gasteiger partial charge on any atom is 0.306 e. The normalized spacial score (nSPS) is 13.7. The standard InChI is InChI=1S/C70H126NO8P/c1-6-8-10-12-14-16-18-20-22-24-26-27-28-29-30-31-32-33-34-35-36-37-38-39-40-41-42-43-45-47-49-51-53-55-57-59-61-63-70(73)79-68(67-78-80(74,75)77-65-64-71(3,4)5)66-76-69(72)62-60-58-56-54-52-50-48-46-44-25-23-21-19-17-15-13-11-9-7-2/h8,10,14,16,20-23,26-27,29-30,32-33,68H,6-7,9,11-13,15,17-19,24-25,28,31,34-67H2,1-5H3/b10-8-,16-14-,22-20-,23-21-,27-26-,30-29-,33-32-. The van der Waals surface area contributed by atoms with Crippen LogP contribution in [0.2, 0.25) is 0 Å². The monoisotopic (exact) mass is 1140 g/mol. The molecule has 0 aliphatic heterocycles. The quantitative estimate of drug-likeness (QED) is 0.0195. The molecule has 0 aromatic rings. The molecule has 0 spiro atoms. The van der Waals surface area contributed by atoms with Crippen LogP contribution in [0.4, 0.5) is 0 Å². The Labute approximate surface area is 494 Å². The van der Waals surface area contributed by atoms with Crippen LogP contribution in [0.3, 0.4) is 0 Å². The SMILES string of the molecule is CC/C=C\C/C=C\C/C=C\C/C=C\C/C=C\C/C=C\CCCCCCCCCCCCCCCCCCCCC(=O)OC(COC(=O)CCCCCCCCCCC/C=C\CCCCCCCC)COP(=O)([O-])OCC[N+](C)(C)C. The molecular formula is C70H126NO8P. The van der Waals surface area contributed by atoms with Gasteiger partial charge in [0.05, 0.1) is 27.7 Å². The topological polar surface area (TPSA) is 111 Å². The number of likely N-dealkylation sites (N-methyl/N-ethyl adjacent to an activating group) is 1. The fraction of sp³-hybridized carbons (Fsp3) is 0.771. The summed E-state index contributed by atoms with van der Waals surface area (Å²) in [6.45, 7) is 4.15. The summed E-state index contributed by atoms with van der Waals surface area (Å²) < 4.78 is 34.3. The van der Waals surface area contributed by atoms with Gasteiger partial charge in [0.2, 0.25) is 0 Å². The minimum Gasteiger partial charge on any atom is -0.756 e. The van der Waals surface area contributed by atoms with Crippen LogP contribution in [0.15, 0.2) is 85.1 Å². The number of esters is 2. The molecule has 0 saturated heterocycles. The molecule has 0 aliphatic rings. The van der Waals surface area contributed by atoms with E-state index >= 15 is 0 Å². The van der Waals surface area contributed by atoms with Crippen molar-refractivity contribution < 1.29 is 42.1 Å². The van der Waals surface area contributed by atoms with Crippen molar-refractivity contribution >= 4 is 19.8 Å².